The molecule has 0 radical (unpaired) electrons. The molecule has 19 heavy (non-hydrogen) atoms. The molecule has 2 amide bonds. The lowest BCUT2D eigenvalue weighted by Gasteiger charge is -2.12. The van der Waals surface area contributed by atoms with E-state index in [9.17, 15) is 9.59 Å². The van der Waals surface area contributed by atoms with Crippen molar-refractivity contribution in [2.24, 2.45) is 0 Å². The van der Waals surface area contributed by atoms with E-state index in [1.807, 2.05) is 6.92 Å². The van der Waals surface area contributed by atoms with E-state index in [4.69, 9.17) is 0 Å². The molecule has 0 aliphatic heterocycles. The molecule has 1 atom stereocenters. The van der Waals surface area contributed by atoms with Crippen molar-refractivity contribution in [2.75, 3.05) is 19.4 Å². The smallest absolute Gasteiger partial charge is 0.407 e. The first-order chi connectivity index (χ1) is 9.02. The van der Waals surface area contributed by atoms with Gasteiger partial charge in [-0.05, 0) is 13.8 Å². The summed E-state index contributed by atoms with van der Waals surface area (Å²) in [5.41, 5.74) is 0. The first-order valence-corrected chi connectivity index (χ1v) is 7.38. The fourth-order valence-electron chi connectivity index (χ4n) is 1.10. The van der Waals surface area contributed by atoms with Crippen molar-refractivity contribution in [1.82, 2.24) is 20.8 Å². The van der Waals surface area contributed by atoms with E-state index in [1.165, 1.54) is 30.2 Å². The molecule has 106 valence electrons. The fourth-order valence-corrected chi connectivity index (χ4v) is 2.84. The second-order valence-electron chi connectivity index (χ2n) is 3.58. The van der Waals surface area contributed by atoms with E-state index in [2.05, 4.69) is 25.6 Å². The van der Waals surface area contributed by atoms with E-state index in [1.54, 1.807) is 6.92 Å². The number of aryl methyl sites for hydroxylation is 1. The highest BCUT2D eigenvalue weighted by atomic mass is 32.2. The van der Waals surface area contributed by atoms with E-state index in [0.717, 1.165) is 9.35 Å². The Morgan fingerprint density at radius 3 is 2.79 bits per heavy atom. The maximum absolute atomic E-state index is 11.6. The molecule has 0 aliphatic rings. The Morgan fingerprint density at radius 1 is 1.47 bits per heavy atom. The summed E-state index contributed by atoms with van der Waals surface area (Å²) in [5.74, 6) is 0.449. The molecule has 0 fully saturated rings. The minimum Gasteiger partial charge on any atom is -0.453 e. The van der Waals surface area contributed by atoms with E-state index in [0.29, 0.717) is 12.3 Å². The van der Waals surface area contributed by atoms with Gasteiger partial charge in [-0.1, -0.05) is 23.1 Å². The van der Waals surface area contributed by atoms with E-state index in [-0.39, 0.29) is 5.91 Å². The third-order valence-electron chi connectivity index (χ3n) is 2.05. The number of ether oxygens (including phenoxy) is 1. The highest BCUT2D eigenvalue weighted by Gasteiger charge is 2.14. The average molecular weight is 304 g/mol. The Morgan fingerprint density at radius 2 is 2.21 bits per heavy atom. The zero-order valence-corrected chi connectivity index (χ0v) is 12.6. The molecule has 0 bridgehead atoms. The predicted octanol–water partition coefficient (Wildman–Crippen LogP) is 0.799. The van der Waals surface area contributed by atoms with Gasteiger partial charge in [0.25, 0.3) is 0 Å². The lowest BCUT2D eigenvalue weighted by atomic mass is 10.3. The third-order valence-corrected chi connectivity index (χ3v) is 4.02. The van der Waals surface area contributed by atoms with Crippen LogP contribution in [0.1, 0.15) is 11.9 Å². The topological polar surface area (TPSA) is 93.2 Å². The SMILES string of the molecule is COC(=O)N[C@@H](C)C(=O)NCCSc1nnc(C)s1. The Labute approximate surface area is 119 Å². The second kappa shape index (κ2) is 7.95. The normalized spacial score (nSPS) is 11.7. The number of carbonyl (C=O) groups is 2. The molecular weight excluding hydrogens is 288 g/mol. The number of thioether (sulfide) groups is 1. The molecule has 0 unspecified atom stereocenters. The van der Waals surface area contributed by atoms with Crippen LogP contribution in [0.3, 0.4) is 0 Å². The largest absolute Gasteiger partial charge is 0.453 e. The van der Waals surface area contributed by atoms with Gasteiger partial charge in [-0.25, -0.2) is 4.79 Å². The lowest BCUT2D eigenvalue weighted by molar-refractivity contribution is -0.122. The van der Waals surface area contributed by atoms with Gasteiger partial charge in [0.1, 0.15) is 11.0 Å². The molecule has 1 heterocycles. The minimum absolute atomic E-state index is 0.251. The molecule has 1 rings (SSSR count). The van der Waals surface area contributed by atoms with Gasteiger partial charge in [0.05, 0.1) is 7.11 Å². The fraction of sp³-hybridized carbons (Fsp3) is 0.600. The number of nitrogens with one attached hydrogen (secondary N) is 2. The van der Waals surface area contributed by atoms with Crippen LogP contribution in [-0.2, 0) is 9.53 Å². The van der Waals surface area contributed by atoms with Crippen LogP contribution < -0.4 is 10.6 Å². The van der Waals surface area contributed by atoms with Crippen LogP contribution in [0.25, 0.3) is 0 Å². The van der Waals surface area contributed by atoms with E-state index >= 15 is 0 Å². The Hall–Kier alpha value is -1.35. The van der Waals surface area contributed by atoms with Crippen LogP contribution in [0.5, 0.6) is 0 Å². The highest BCUT2D eigenvalue weighted by Crippen LogP contribution is 2.20. The van der Waals surface area contributed by atoms with E-state index < -0.39 is 12.1 Å². The molecule has 2 N–H and O–H groups in total. The van der Waals surface area contributed by atoms with Gasteiger partial charge < -0.3 is 15.4 Å². The number of nitrogens with zero attached hydrogens (tertiary/aromatic N) is 2. The van der Waals surface area contributed by atoms with Crippen LogP contribution in [0, 0.1) is 6.92 Å². The maximum Gasteiger partial charge on any atom is 0.407 e. The Balaban J connectivity index is 2.18. The quantitative estimate of drug-likeness (QED) is 0.596. The van der Waals surface area contributed by atoms with Crippen molar-refractivity contribution in [1.29, 1.82) is 0 Å². The monoisotopic (exact) mass is 304 g/mol. The van der Waals surface area contributed by atoms with Crippen LogP contribution in [0.15, 0.2) is 4.34 Å². The Kier molecular flexibility index (Phi) is 6.57. The maximum atomic E-state index is 11.6. The summed E-state index contributed by atoms with van der Waals surface area (Å²) < 4.78 is 5.29. The van der Waals surface area contributed by atoms with Crippen molar-refractivity contribution in [3.05, 3.63) is 5.01 Å². The summed E-state index contributed by atoms with van der Waals surface area (Å²) in [6.45, 7) is 3.98. The van der Waals surface area contributed by atoms with Crippen LogP contribution in [-0.4, -0.2) is 47.6 Å². The average Bonchev–Trinajstić information content (AvgIpc) is 2.79. The Bertz CT molecular complexity index is 438. The summed E-state index contributed by atoms with van der Waals surface area (Å²) in [7, 11) is 1.25. The standard InChI is InChI=1S/C10H16N4O3S2/c1-6(12-9(16)17-3)8(15)11-4-5-18-10-14-13-7(2)19-10/h6H,4-5H2,1-3H3,(H,11,15)(H,12,16)/t6-/m0/s1. The van der Waals surface area contributed by atoms with Crippen LogP contribution in [0.4, 0.5) is 4.79 Å². The van der Waals surface area contributed by atoms with Gasteiger partial charge in [0.2, 0.25) is 5.91 Å². The summed E-state index contributed by atoms with van der Waals surface area (Å²) in [6, 6.07) is -0.624. The minimum atomic E-state index is -0.624. The molecule has 0 saturated heterocycles. The molecule has 7 nitrogen and oxygen atoms in total. The number of carbonyl (C=O) groups excluding carboxylic acids is 2. The number of hydrogen-bond donors (Lipinski definition) is 2. The molecule has 0 spiro atoms. The summed E-state index contributed by atoms with van der Waals surface area (Å²) in [5, 5.41) is 13.9. The number of amides is 2. The highest BCUT2D eigenvalue weighted by molar-refractivity contribution is 8.01. The van der Waals surface area contributed by atoms with Gasteiger partial charge in [-0.3, -0.25) is 4.79 Å². The molecule has 0 aliphatic carbocycles. The molecule has 0 aromatic carbocycles. The number of methoxy groups -OCH3 is 1. The second-order valence-corrected chi connectivity index (χ2v) is 6.11. The van der Waals surface area contributed by atoms with Gasteiger partial charge in [0.15, 0.2) is 4.34 Å². The van der Waals surface area contributed by atoms with Gasteiger partial charge in [-0.15, -0.1) is 10.2 Å². The van der Waals surface area contributed by atoms with Crippen molar-refractivity contribution >= 4 is 35.1 Å². The number of alkyl carbamates (subject to hydrolysis) is 1. The van der Waals surface area contributed by atoms with Crippen LogP contribution in [0.2, 0.25) is 0 Å². The molecule has 1 aromatic heterocycles. The predicted molar refractivity (Wildman–Crippen MR) is 73.4 cm³/mol. The molecule has 0 saturated carbocycles. The van der Waals surface area contributed by atoms with Gasteiger partial charge in [0, 0.05) is 12.3 Å². The molecular formula is C10H16N4O3S2. The zero-order valence-electron chi connectivity index (χ0n) is 10.9. The lowest BCUT2D eigenvalue weighted by Crippen LogP contribution is -2.45. The number of rotatable bonds is 6. The number of hydrogen-bond acceptors (Lipinski definition) is 7. The van der Waals surface area contributed by atoms with Crippen molar-refractivity contribution in [3.8, 4) is 0 Å². The van der Waals surface area contributed by atoms with Gasteiger partial charge >= 0.3 is 6.09 Å². The third kappa shape index (κ3) is 5.88. The first-order valence-electron chi connectivity index (χ1n) is 5.58. The van der Waals surface area contributed by atoms with Crippen molar-refractivity contribution < 1.29 is 14.3 Å². The van der Waals surface area contributed by atoms with Crippen molar-refractivity contribution in [3.63, 3.8) is 0 Å². The summed E-state index contributed by atoms with van der Waals surface area (Å²) >= 11 is 3.05. The molecule has 1 aromatic rings. The summed E-state index contributed by atoms with van der Waals surface area (Å²) in [4.78, 5) is 22.5. The first kappa shape index (κ1) is 15.7. The molecule has 9 heteroatoms. The summed E-state index contributed by atoms with van der Waals surface area (Å²) in [6.07, 6.45) is -0.624. The zero-order chi connectivity index (χ0) is 14.3. The van der Waals surface area contributed by atoms with Crippen LogP contribution >= 0.6 is 23.1 Å². The van der Waals surface area contributed by atoms with Gasteiger partial charge in [-0.2, -0.15) is 0 Å². The van der Waals surface area contributed by atoms with Crippen molar-refractivity contribution in [2.45, 2.75) is 24.2 Å². The number of aromatic nitrogens is 2.